The molecular formula is C23H26N2O4S2. The van der Waals surface area contributed by atoms with Gasteiger partial charge in [-0.05, 0) is 47.9 Å². The van der Waals surface area contributed by atoms with Gasteiger partial charge in [-0.3, -0.25) is 14.5 Å². The zero-order valence-electron chi connectivity index (χ0n) is 17.8. The number of carbonyl (C=O) groups is 2. The molecule has 0 bridgehead atoms. The molecule has 6 nitrogen and oxygen atoms in total. The van der Waals surface area contributed by atoms with Crippen molar-refractivity contribution in [2.45, 2.75) is 32.1 Å². The normalized spacial score (nSPS) is 16.0. The third-order valence-electron chi connectivity index (χ3n) is 4.63. The molecule has 1 heterocycles. The van der Waals surface area contributed by atoms with Crippen molar-refractivity contribution in [1.82, 2.24) is 10.2 Å². The van der Waals surface area contributed by atoms with Crippen LogP contribution in [0, 0.1) is 5.92 Å². The molecular weight excluding hydrogens is 432 g/mol. The van der Waals surface area contributed by atoms with E-state index in [1.54, 1.807) is 12.0 Å². The molecule has 1 saturated heterocycles. The number of nitrogens with one attached hydrogen (secondary N) is 1. The van der Waals surface area contributed by atoms with Crippen LogP contribution in [0.4, 0.5) is 0 Å². The number of thiocarbonyl (C=S) groups is 1. The molecule has 1 atom stereocenters. The van der Waals surface area contributed by atoms with Crippen LogP contribution in [0.1, 0.15) is 25.8 Å². The zero-order valence-corrected chi connectivity index (χ0v) is 19.4. The Morgan fingerprint density at radius 3 is 2.26 bits per heavy atom. The lowest BCUT2D eigenvalue weighted by atomic mass is 10.2. The highest BCUT2D eigenvalue weighted by atomic mass is 32.2. The van der Waals surface area contributed by atoms with E-state index < -0.39 is 5.25 Å². The van der Waals surface area contributed by atoms with E-state index in [-0.39, 0.29) is 18.2 Å². The van der Waals surface area contributed by atoms with E-state index in [2.05, 4.69) is 5.32 Å². The quantitative estimate of drug-likeness (QED) is 0.563. The molecule has 3 rings (SSSR count). The highest BCUT2D eigenvalue weighted by molar-refractivity contribution is 8.24. The lowest BCUT2D eigenvalue weighted by Gasteiger charge is -2.17. The predicted octanol–water partition coefficient (Wildman–Crippen LogP) is 4.38. The molecule has 0 spiro atoms. The fourth-order valence-electron chi connectivity index (χ4n) is 3.05. The first-order valence-electron chi connectivity index (χ1n) is 10.0. The molecule has 2 aromatic rings. The Morgan fingerprint density at radius 1 is 1.10 bits per heavy atom. The molecule has 0 radical (unpaired) electrons. The minimum atomic E-state index is -0.438. The second kappa shape index (κ2) is 10.6. The van der Waals surface area contributed by atoms with Crippen LogP contribution >= 0.6 is 24.0 Å². The molecule has 2 amide bonds. The highest BCUT2D eigenvalue weighted by Crippen LogP contribution is 2.30. The van der Waals surface area contributed by atoms with E-state index >= 15 is 0 Å². The van der Waals surface area contributed by atoms with Crippen LogP contribution in [0.2, 0.25) is 0 Å². The van der Waals surface area contributed by atoms with Crippen molar-refractivity contribution in [2.75, 3.05) is 13.7 Å². The van der Waals surface area contributed by atoms with Crippen LogP contribution in [0.3, 0.4) is 0 Å². The summed E-state index contributed by atoms with van der Waals surface area (Å²) in [5.41, 5.74) is 0.942. The Morgan fingerprint density at radius 2 is 1.68 bits per heavy atom. The van der Waals surface area contributed by atoms with Gasteiger partial charge in [-0.1, -0.05) is 50.0 Å². The number of benzene rings is 2. The smallest absolute Gasteiger partial charge is 0.242 e. The minimum Gasteiger partial charge on any atom is -0.497 e. The van der Waals surface area contributed by atoms with Gasteiger partial charge in [-0.15, -0.1) is 0 Å². The number of carbonyl (C=O) groups excluding carboxylic acids is 2. The van der Waals surface area contributed by atoms with Crippen molar-refractivity contribution < 1.29 is 19.1 Å². The summed E-state index contributed by atoms with van der Waals surface area (Å²) in [5.74, 6) is 2.27. The summed E-state index contributed by atoms with van der Waals surface area (Å²) < 4.78 is 11.5. The van der Waals surface area contributed by atoms with E-state index in [0.717, 1.165) is 11.3 Å². The Hall–Kier alpha value is -2.58. The molecule has 1 unspecified atom stereocenters. The molecule has 1 aliphatic rings. The van der Waals surface area contributed by atoms with E-state index in [9.17, 15) is 9.59 Å². The summed E-state index contributed by atoms with van der Waals surface area (Å²) in [6.07, 6.45) is 0.122. The van der Waals surface area contributed by atoms with Gasteiger partial charge >= 0.3 is 0 Å². The van der Waals surface area contributed by atoms with Crippen molar-refractivity contribution >= 4 is 40.1 Å². The summed E-state index contributed by atoms with van der Waals surface area (Å²) in [7, 11) is 1.62. The van der Waals surface area contributed by atoms with Crippen LogP contribution in [0.15, 0.2) is 48.5 Å². The second-order valence-electron chi connectivity index (χ2n) is 7.62. The van der Waals surface area contributed by atoms with E-state index in [1.807, 2.05) is 62.4 Å². The summed E-state index contributed by atoms with van der Waals surface area (Å²) >= 11 is 6.60. The van der Waals surface area contributed by atoms with E-state index in [1.165, 1.54) is 11.8 Å². The monoisotopic (exact) mass is 458 g/mol. The first-order chi connectivity index (χ1) is 14.9. The van der Waals surface area contributed by atoms with E-state index in [4.69, 9.17) is 21.7 Å². The van der Waals surface area contributed by atoms with Gasteiger partial charge in [-0.25, -0.2) is 0 Å². The third kappa shape index (κ3) is 6.45. The molecule has 8 heteroatoms. The molecule has 164 valence electrons. The minimum absolute atomic E-state index is 0.0705. The SMILES string of the molecule is COc1ccc(Oc2ccc(CNC(=O)CC3SC(=S)N(CC(C)C)C3=O)cc2)cc1. The molecule has 1 fully saturated rings. The molecule has 0 aromatic heterocycles. The van der Waals surface area contributed by atoms with Crippen molar-refractivity contribution in [1.29, 1.82) is 0 Å². The first-order valence-corrected chi connectivity index (χ1v) is 11.3. The largest absolute Gasteiger partial charge is 0.497 e. The standard InChI is InChI=1S/C23H26N2O4S2/c1-15(2)14-25-22(27)20(31-23(25)30)12-21(26)24-13-16-4-6-18(7-5-16)29-19-10-8-17(28-3)9-11-19/h4-11,15,20H,12-14H2,1-3H3,(H,24,26). The van der Waals surface area contributed by atoms with Crippen LogP contribution < -0.4 is 14.8 Å². The molecule has 0 saturated carbocycles. The Kier molecular flexibility index (Phi) is 7.92. The third-order valence-corrected chi connectivity index (χ3v) is 6.22. The average molecular weight is 459 g/mol. The van der Waals surface area contributed by atoms with Crippen LogP contribution in [-0.2, 0) is 16.1 Å². The summed E-state index contributed by atoms with van der Waals surface area (Å²) in [6.45, 7) is 5.04. The van der Waals surface area contributed by atoms with Crippen LogP contribution in [0.25, 0.3) is 0 Å². The number of ether oxygens (including phenoxy) is 2. The van der Waals surface area contributed by atoms with Gasteiger partial charge in [0.15, 0.2) is 0 Å². The maximum Gasteiger partial charge on any atom is 0.242 e. The number of rotatable bonds is 9. The van der Waals surface area contributed by atoms with Gasteiger partial charge < -0.3 is 14.8 Å². The Labute approximate surface area is 192 Å². The number of amides is 2. The predicted molar refractivity (Wildman–Crippen MR) is 127 cm³/mol. The van der Waals surface area contributed by atoms with Crippen molar-refractivity contribution in [2.24, 2.45) is 5.92 Å². The lowest BCUT2D eigenvalue weighted by Crippen LogP contribution is -2.36. The van der Waals surface area contributed by atoms with Gasteiger partial charge in [0, 0.05) is 19.5 Å². The number of hydrogen-bond donors (Lipinski definition) is 1. The fraction of sp³-hybridized carbons (Fsp3) is 0.348. The summed E-state index contributed by atoms with van der Waals surface area (Å²) in [4.78, 5) is 26.5. The molecule has 2 aromatic carbocycles. The van der Waals surface area contributed by atoms with Crippen LogP contribution in [-0.4, -0.2) is 39.9 Å². The number of hydrogen-bond acceptors (Lipinski definition) is 6. The van der Waals surface area contributed by atoms with Gasteiger partial charge in [-0.2, -0.15) is 0 Å². The number of nitrogens with zero attached hydrogens (tertiary/aromatic N) is 1. The first kappa shape index (κ1) is 23.1. The van der Waals surface area contributed by atoms with Crippen LogP contribution in [0.5, 0.6) is 17.2 Å². The zero-order chi connectivity index (χ0) is 22.4. The van der Waals surface area contributed by atoms with Crippen molar-refractivity contribution in [3.63, 3.8) is 0 Å². The van der Waals surface area contributed by atoms with Gasteiger partial charge in [0.2, 0.25) is 11.8 Å². The lowest BCUT2D eigenvalue weighted by molar-refractivity contribution is -0.129. The van der Waals surface area contributed by atoms with Crippen molar-refractivity contribution in [3.8, 4) is 17.2 Å². The summed E-state index contributed by atoms with van der Waals surface area (Å²) in [6, 6.07) is 14.8. The maximum atomic E-state index is 12.5. The maximum absolute atomic E-state index is 12.5. The molecule has 0 aliphatic carbocycles. The number of thioether (sulfide) groups is 1. The highest BCUT2D eigenvalue weighted by Gasteiger charge is 2.38. The van der Waals surface area contributed by atoms with Crippen molar-refractivity contribution in [3.05, 3.63) is 54.1 Å². The molecule has 31 heavy (non-hydrogen) atoms. The Balaban J connectivity index is 1.47. The van der Waals surface area contributed by atoms with Gasteiger partial charge in [0.1, 0.15) is 21.6 Å². The number of methoxy groups -OCH3 is 1. The van der Waals surface area contributed by atoms with Gasteiger partial charge in [0.25, 0.3) is 0 Å². The molecule has 1 aliphatic heterocycles. The average Bonchev–Trinajstić information content (AvgIpc) is 3.00. The second-order valence-corrected chi connectivity index (χ2v) is 9.45. The van der Waals surface area contributed by atoms with Gasteiger partial charge in [0.05, 0.1) is 12.4 Å². The Bertz CT molecular complexity index is 930. The topological polar surface area (TPSA) is 67.9 Å². The van der Waals surface area contributed by atoms with E-state index in [0.29, 0.717) is 34.8 Å². The summed E-state index contributed by atoms with van der Waals surface area (Å²) in [5, 5.41) is 2.44. The molecule has 1 N–H and O–H groups in total. The fourth-order valence-corrected chi connectivity index (χ4v) is 4.57.